The lowest BCUT2D eigenvalue weighted by Crippen LogP contribution is -2.27. The Bertz CT molecular complexity index is 846. The summed E-state index contributed by atoms with van der Waals surface area (Å²) in [4.78, 5) is 0.302. The molecule has 0 unspecified atom stereocenters. The van der Waals surface area contributed by atoms with Crippen molar-refractivity contribution in [2.45, 2.75) is 17.7 Å². The van der Waals surface area contributed by atoms with Gasteiger partial charge in [-0.25, -0.2) is 8.42 Å². The molecule has 1 aliphatic rings. The molecule has 1 fully saturated rings. The number of nitrogens with zero attached hydrogens (tertiary/aromatic N) is 1. The van der Waals surface area contributed by atoms with Gasteiger partial charge in [-0.1, -0.05) is 11.6 Å². The Balaban J connectivity index is 1.64. The Morgan fingerprint density at radius 2 is 1.40 bits per heavy atom. The Morgan fingerprint density at radius 1 is 0.920 bits per heavy atom. The monoisotopic (exact) mass is 395 g/mol. The summed E-state index contributed by atoms with van der Waals surface area (Å²) in [6.07, 6.45) is 1.84. The summed E-state index contributed by atoms with van der Waals surface area (Å²) in [5.74, 6) is 0. The minimum atomic E-state index is -3.39. The van der Waals surface area contributed by atoms with E-state index in [-0.39, 0.29) is 0 Å². The van der Waals surface area contributed by atoms with Crippen LogP contribution in [0.25, 0.3) is 0 Å². The first-order chi connectivity index (χ1) is 11.9. The van der Waals surface area contributed by atoms with Gasteiger partial charge in [0, 0.05) is 29.5 Å². The molecule has 5 nitrogen and oxygen atoms in total. The second-order valence-corrected chi connectivity index (χ2v) is 8.50. The van der Waals surface area contributed by atoms with Crippen LogP contribution >= 0.6 is 23.8 Å². The highest BCUT2D eigenvalue weighted by atomic mass is 35.5. The van der Waals surface area contributed by atoms with Crippen LogP contribution in [-0.4, -0.2) is 30.9 Å². The Morgan fingerprint density at radius 3 is 1.92 bits per heavy atom. The van der Waals surface area contributed by atoms with Crippen molar-refractivity contribution in [2.24, 2.45) is 0 Å². The van der Waals surface area contributed by atoms with Crippen LogP contribution in [-0.2, 0) is 10.0 Å². The Kier molecular flexibility index (Phi) is 5.58. The third kappa shape index (κ3) is 4.49. The van der Waals surface area contributed by atoms with E-state index in [0.29, 0.717) is 33.8 Å². The molecule has 0 radical (unpaired) electrons. The normalized spacial score (nSPS) is 15.1. The average molecular weight is 396 g/mol. The number of sulfonamides is 1. The molecule has 0 amide bonds. The predicted octanol–water partition coefficient (Wildman–Crippen LogP) is 3.93. The van der Waals surface area contributed by atoms with Crippen LogP contribution in [0, 0.1) is 0 Å². The van der Waals surface area contributed by atoms with E-state index < -0.39 is 10.0 Å². The first kappa shape index (κ1) is 18.1. The number of benzene rings is 2. The van der Waals surface area contributed by atoms with Gasteiger partial charge in [-0.2, -0.15) is 4.31 Å². The summed E-state index contributed by atoms with van der Waals surface area (Å²) >= 11 is 11.1. The van der Waals surface area contributed by atoms with E-state index in [1.807, 2.05) is 12.1 Å². The lowest BCUT2D eigenvalue weighted by molar-refractivity contribution is 0.477. The van der Waals surface area contributed by atoms with Gasteiger partial charge in [0.05, 0.1) is 4.90 Å². The van der Waals surface area contributed by atoms with Crippen LogP contribution in [0.5, 0.6) is 0 Å². The zero-order valence-electron chi connectivity index (χ0n) is 13.4. The molecule has 132 valence electrons. The molecule has 0 aliphatic carbocycles. The van der Waals surface area contributed by atoms with Gasteiger partial charge >= 0.3 is 0 Å². The maximum absolute atomic E-state index is 12.5. The van der Waals surface area contributed by atoms with Crippen molar-refractivity contribution >= 4 is 50.3 Å². The number of nitrogens with one attached hydrogen (secondary N) is 2. The van der Waals surface area contributed by atoms with Gasteiger partial charge in [0.2, 0.25) is 10.0 Å². The molecule has 0 spiro atoms. The molecular formula is C17H18ClN3O2S2. The van der Waals surface area contributed by atoms with Gasteiger partial charge in [-0.3, -0.25) is 0 Å². The summed E-state index contributed by atoms with van der Waals surface area (Å²) in [5.41, 5.74) is 1.53. The van der Waals surface area contributed by atoms with E-state index in [0.717, 1.165) is 18.5 Å². The largest absolute Gasteiger partial charge is 0.332 e. The van der Waals surface area contributed by atoms with Crippen LogP contribution in [0.3, 0.4) is 0 Å². The van der Waals surface area contributed by atoms with E-state index >= 15 is 0 Å². The van der Waals surface area contributed by atoms with E-state index in [9.17, 15) is 8.42 Å². The van der Waals surface area contributed by atoms with E-state index in [2.05, 4.69) is 10.6 Å². The minimum Gasteiger partial charge on any atom is -0.332 e. The number of anilines is 2. The number of hydrogen-bond donors (Lipinski definition) is 2. The summed E-state index contributed by atoms with van der Waals surface area (Å²) in [5, 5.41) is 7.14. The predicted molar refractivity (Wildman–Crippen MR) is 106 cm³/mol. The number of thiocarbonyl (C=S) groups is 1. The second kappa shape index (κ2) is 7.70. The third-order valence-electron chi connectivity index (χ3n) is 3.92. The number of halogens is 1. The molecule has 25 heavy (non-hydrogen) atoms. The second-order valence-electron chi connectivity index (χ2n) is 5.72. The molecule has 0 saturated carbocycles. The van der Waals surface area contributed by atoms with E-state index in [1.165, 1.54) is 4.31 Å². The van der Waals surface area contributed by atoms with Crippen molar-refractivity contribution in [3.8, 4) is 0 Å². The fraction of sp³-hybridized carbons (Fsp3) is 0.235. The summed E-state index contributed by atoms with van der Waals surface area (Å²) < 4.78 is 26.5. The maximum atomic E-state index is 12.5. The first-order valence-corrected chi connectivity index (χ1v) is 10.1. The van der Waals surface area contributed by atoms with Crippen LogP contribution in [0.4, 0.5) is 11.4 Å². The molecule has 1 saturated heterocycles. The molecule has 3 rings (SSSR count). The zero-order valence-corrected chi connectivity index (χ0v) is 15.8. The molecule has 0 aromatic heterocycles. The maximum Gasteiger partial charge on any atom is 0.243 e. The van der Waals surface area contributed by atoms with Crippen LogP contribution in [0.15, 0.2) is 53.4 Å². The molecule has 0 bridgehead atoms. The van der Waals surface area contributed by atoms with Crippen LogP contribution in [0.2, 0.25) is 5.02 Å². The Labute approximate surface area is 158 Å². The smallest absolute Gasteiger partial charge is 0.243 e. The highest BCUT2D eigenvalue weighted by Gasteiger charge is 2.26. The molecule has 0 atom stereocenters. The minimum absolute atomic E-state index is 0.302. The molecule has 2 aromatic rings. The fourth-order valence-electron chi connectivity index (χ4n) is 2.61. The van der Waals surface area contributed by atoms with E-state index in [1.54, 1.807) is 36.4 Å². The topological polar surface area (TPSA) is 61.4 Å². The Hall–Kier alpha value is -1.67. The lowest BCUT2D eigenvalue weighted by Gasteiger charge is -2.16. The highest BCUT2D eigenvalue weighted by molar-refractivity contribution is 7.89. The molecule has 2 N–H and O–H groups in total. The van der Waals surface area contributed by atoms with Gasteiger partial charge in [-0.15, -0.1) is 0 Å². The van der Waals surface area contributed by atoms with Gasteiger partial charge in [-0.05, 0) is 73.6 Å². The van der Waals surface area contributed by atoms with Crippen molar-refractivity contribution in [2.75, 3.05) is 23.7 Å². The van der Waals surface area contributed by atoms with Crippen molar-refractivity contribution in [1.82, 2.24) is 4.31 Å². The van der Waals surface area contributed by atoms with Crippen molar-refractivity contribution in [3.63, 3.8) is 0 Å². The molecule has 2 aromatic carbocycles. The summed E-state index contributed by atoms with van der Waals surface area (Å²) in [6.45, 7) is 1.19. The van der Waals surface area contributed by atoms with Crippen molar-refractivity contribution < 1.29 is 8.42 Å². The molecule has 1 aliphatic heterocycles. The van der Waals surface area contributed by atoms with E-state index in [4.69, 9.17) is 23.8 Å². The van der Waals surface area contributed by atoms with Gasteiger partial charge in [0.15, 0.2) is 5.11 Å². The summed E-state index contributed by atoms with van der Waals surface area (Å²) in [7, 11) is -3.39. The average Bonchev–Trinajstić information content (AvgIpc) is 3.13. The third-order valence-corrected chi connectivity index (χ3v) is 6.29. The number of hydrogen-bond acceptors (Lipinski definition) is 3. The zero-order chi connectivity index (χ0) is 17.9. The molecular weight excluding hydrogens is 378 g/mol. The van der Waals surface area contributed by atoms with Gasteiger partial charge < -0.3 is 10.6 Å². The van der Waals surface area contributed by atoms with Crippen molar-refractivity contribution in [1.29, 1.82) is 0 Å². The molecule has 1 heterocycles. The SMILES string of the molecule is O=S(=O)(c1ccc(NC(=S)Nc2ccc(Cl)cc2)cc1)N1CCCC1. The quantitative estimate of drug-likeness (QED) is 0.768. The van der Waals surface area contributed by atoms with Gasteiger partial charge in [0.25, 0.3) is 0 Å². The number of rotatable bonds is 4. The van der Waals surface area contributed by atoms with Crippen LogP contribution < -0.4 is 10.6 Å². The lowest BCUT2D eigenvalue weighted by atomic mass is 10.3. The van der Waals surface area contributed by atoms with Crippen LogP contribution in [0.1, 0.15) is 12.8 Å². The molecule has 8 heteroatoms. The van der Waals surface area contributed by atoms with Crippen molar-refractivity contribution in [3.05, 3.63) is 53.6 Å². The highest BCUT2D eigenvalue weighted by Crippen LogP contribution is 2.22. The summed E-state index contributed by atoms with van der Waals surface area (Å²) in [6, 6.07) is 13.8. The first-order valence-electron chi connectivity index (χ1n) is 7.89. The standard InChI is InChI=1S/C17H18ClN3O2S2/c18-13-3-5-14(6-4-13)19-17(24)20-15-7-9-16(10-8-15)25(22,23)21-11-1-2-12-21/h3-10H,1-2,11-12H2,(H2,19,20,24). The fourth-order valence-corrected chi connectivity index (χ4v) is 4.49. The van der Waals surface area contributed by atoms with Gasteiger partial charge in [0.1, 0.15) is 0 Å².